The number of hydrogen-bond acceptors (Lipinski definition) is 4. The van der Waals surface area contributed by atoms with E-state index < -0.39 is 9.84 Å². The smallest absolute Gasteiger partial charge is 0.253 e. The summed E-state index contributed by atoms with van der Waals surface area (Å²) in [5.41, 5.74) is 3.03. The Bertz CT molecular complexity index is 901. The minimum atomic E-state index is -3.32. The van der Waals surface area contributed by atoms with E-state index in [2.05, 4.69) is 30.0 Å². The molecule has 0 unspecified atom stereocenters. The van der Waals surface area contributed by atoms with Crippen molar-refractivity contribution in [3.05, 3.63) is 65.2 Å². The first-order valence-corrected chi connectivity index (χ1v) is 10.6. The van der Waals surface area contributed by atoms with Crippen LogP contribution in [0.4, 0.5) is 0 Å². The highest BCUT2D eigenvalue weighted by atomic mass is 32.2. The Kier molecular flexibility index (Phi) is 5.44. The van der Waals surface area contributed by atoms with Crippen molar-refractivity contribution in [1.29, 1.82) is 0 Å². The maximum Gasteiger partial charge on any atom is 0.253 e. The van der Waals surface area contributed by atoms with Crippen LogP contribution in [0.1, 0.15) is 21.5 Å². The van der Waals surface area contributed by atoms with Gasteiger partial charge >= 0.3 is 0 Å². The van der Waals surface area contributed by atoms with Gasteiger partial charge in [0.2, 0.25) is 0 Å². The zero-order chi connectivity index (χ0) is 18.7. The molecule has 0 spiro atoms. The first-order chi connectivity index (χ1) is 12.3. The van der Waals surface area contributed by atoms with Gasteiger partial charge in [0.1, 0.15) is 0 Å². The van der Waals surface area contributed by atoms with Crippen molar-refractivity contribution in [3.8, 4) is 0 Å². The lowest BCUT2D eigenvalue weighted by molar-refractivity contribution is 0.0628. The van der Waals surface area contributed by atoms with Gasteiger partial charge in [0.15, 0.2) is 9.84 Å². The van der Waals surface area contributed by atoms with Gasteiger partial charge in [-0.25, -0.2) is 8.42 Å². The number of sulfone groups is 1. The quantitative estimate of drug-likeness (QED) is 0.827. The predicted molar refractivity (Wildman–Crippen MR) is 102 cm³/mol. The Hall–Kier alpha value is -2.18. The summed E-state index contributed by atoms with van der Waals surface area (Å²) < 4.78 is 23.4. The van der Waals surface area contributed by atoms with Gasteiger partial charge in [0, 0.05) is 44.5 Å². The van der Waals surface area contributed by atoms with Gasteiger partial charge in [-0.15, -0.1) is 0 Å². The number of hydrogen-bond donors (Lipinski definition) is 0. The first-order valence-electron chi connectivity index (χ1n) is 8.71. The Morgan fingerprint density at radius 3 is 2.35 bits per heavy atom. The Balaban J connectivity index is 1.63. The van der Waals surface area contributed by atoms with E-state index in [-0.39, 0.29) is 10.8 Å². The third kappa shape index (κ3) is 4.31. The number of piperazine rings is 1. The lowest BCUT2D eigenvalue weighted by Gasteiger charge is -2.35. The highest BCUT2D eigenvalue weighted by Crippen LogP contribution is 2.16. The normalized spacial score (nSPS) is 15.8. The molecule has 0 radical (unpaired) electrons. The molecule has 6 heteroatoms. The van der Waals surface area contributed by atoms with Crippen LogP contribution in [0.2, 0.25) is 0 Å². The highest BCUT2D eigenvalue weighted by Gasteiger charge is 2.23. The van der Waals surface area contributed by atoms with E-state index in [9.17, 15) is 13.2 Å². The summed E-state index contributed by atoms with van der Waals surface area (Å²) in [4.78, 5) is 17.0. The number of carbonyl (C=O) groups is 1. The summed E-state index contributed by atoms with van der Waals surface area (Å²) >= 11 is 0. The zero-order valence-electron chi connectivity index (χ0n) is 15.2. The van der Waals surface area contributed by atoms with E-state index >= 15 is 0 Å². The van der Waals surface area contributed by atoms with Gasteiger partial charge < -0.3 is 4.90 Å². The second-order valence-electron chi connectivity index (χ2n) is 6.79. The van der Waals surface area contributed by atoms with Crippen molar-refractivity contribution < 1.29 is 13.2 Å². The summed E-state index contributed by atoms with van der Waals surface area (Å²) in [6.07, 6.45) is 1.15. The number of benzene rings is 2. The second kappa shape index (κ2) is 7.60. The van der Waals surface area contributed by atoms with Crippen molar-refractivity contribution in [2.75, 3.05) is 32.4 Å². The van der Waals surface area contributed by atoms with Gasteiger partial charge in [-0.05, 0) is 36.2 Å². The molecule has 1 aliphatic rings. The van der Waals surface area contributed by atoms with Crippen LogP contribution in [-0.2, 0) is 16.4 Å². The van der Waals surface area contributed by atoms with Crippen LogP contribution in [0, 0.1) is 6.92 Å². The largest absolute Gasteiger partial charge is 0.336 e. The molecule has 138 valence electrons. The summed E-state index contributed by atoms with van der Waals surface area (Å²) in [7, 11) is -3.32. The molecule has 2 aromatic rings. The fourth-order valence-electron chi connectivity index (χ4n) is 3.18. The number of rotatable bonds is 4. The fourth-order valence-corrected chi connectivity index (χ4v) is 3.85. The first kappa shape index (κ1) is 18.6. The SMILES string of the molecule is Cc1ccccc1CN1CCN(C(=O)c2cccc(S(C)(=O)=O)c2)CC1. The number of carbonyl (C=O) groups excluding carboxylic acids is 1. The standard InChI is InChI=1S/C20H24N2O3S/c1-16-6-3-4-7-18(16)15-21-10-12-22(13-11-21)20(23)17-8-5-9-19(14-17)26(2,24)25/h3-9,14H,10-13,15H2,1-2H3. The van der Waals surface area contributed by atoms with E-state index in [1.54, 1.807) is 17.0 Å². The van der Waals surface area contributed by atoms with Crippen LogP contribution in [0.3, 0.4) is 0 Å². The Morgan fingerprint density at radius 1 is 1.00 bits per heavy atom. The van der Waals surface area contributed by atoms with Crippen LogP contribution < -0.4 is 0 Å². The predicted octanol–water partition coefficient (Wildman–Crippen LogP) is 2.36. The molecule has 0 atom stereocenters. The van der Waals surface area contributed by atoms with Crippen molar-refractivity contribution in [2.24, 2.45) is 0 Å². The summed E-state index contributed by atoms with van der Waals surface area (Å²) in [6, 6.07) is 14.6. The third-order valence-corrected chi connectivity index (χ3v) is 5.93. The average Bonchev–Trinajstić information content (AvgIpc) is 2.63. The van der Waals surface area contributed by atoms with Crippen LogP contribution in [0.5, 0.6) is 0 Å². The van der Waals surface area contributed by atoms with Gasteiger partial charge in [-0.1, -0.05) is 30.3 Å². The Morgan fingerprint density at radius 2 is 1.69 bits per heavy atom. The van der Waals surface area contributed by atoms with Crippen molar-refractivity contribution in [2.45, 2.75) is 18.4 Å². The Labute approximate surface area is 155 Å². The molecule has 0 aliphatic carbocycles. The third-order valence-electron chi connectivity index (χ3n) is 4.82. The molecule has 1 amide bonds. The maximum absolute atomic E-state index is 12.7. The average molecular weight is 372 g/mol. The molecule has 0 saturated carbocycles. The molecular weight excluding hydrogens is 348 g/mol. The summed E-state index contributed by atoms with van der Waals surface area (Å²) in [5.74, 6) is -0.106. The lowest BCUT2D eigenvalue weighted by atomic mass is 10.1. The van der Waals surface area contributed by atoms with E-state index in [0.717, 1.165) is 25.9 Å². The number of aryl methyl sites for hydroxylation is 1. The van der Waals surface area contributed by atoms with Crippen molar-refractivity contribution >= 4 is 15.7 Å². The maximum atomic E-state index is 12.7. The van der Waals surface area contributed by atoms with E-state index in [0.29, 0.717) is 18.7 Å². The van der Waals surface area contributed by atoms with Crippen molar-refractivity contribution in [3.63, 3.8) is 0 Å². The second-order valence-corrected chi connectivity index (χ2v) is 8.81. The van der Waals surface area contributed by atoms with E-state index in [1.807, 2.05) is 6.07 Å². The molecule has 0 aromatic heterocycles. The molecule has 3 rings (SSSR count). The molecule has 1 aliphatic heterocycles. The van der Waals surface area contributed by atoms with Crippen molar-refractivity contribution in [1.82, 2.24) is 9.80 Å². The molecule has 0 N–H and O–H groups in total. The minimum Gasteiger partial charge on any atom is -0.336 e. The molecule has 1 saturated heterocycles. The topological polar surface area (TPSA) is 57.7 Å². The molecule has 2 aromatic carbocycles. The molecule has 26 heavy (non-hydrogen) atoms. The molecule has 0 bridgehead atoms. The zero-order valence-corrected chi connectivity index (χ0v) is 16.0. The van der Waals surface area contributed by atoms with Crippen LogP contribution in [0.25, 0.3) is 0 Å². The summed E-state index contributed by atoms with van der Waals surface area (Å²) in [5, 5.41) is 0. The van der Waals surface area contributed by atoms with Crippen LogP contribution in [-0.4, -0.2) is 56.6 Å². The molecule has 1 heterocycles. The van der Waals surface area contributed by atoms with Gasteiger partial charge in [0.05, 0.1) is 4.90 Å². The number of nitrogens with zero attached hydrogens (tertiary/aromatic N) is 2. The van der Waals surface area contributed by atoms with E-state index in [4.69, 9.17) is 0 Å². The summed E-state index contributed by atoms with van der Waals surface area (Å²) in [6.45, 7) is 5.92. The highest BCUT2D eigenvalue weighted by molar-refractivity contribution is 7.90. The number of amides is 1. The van der Waals surface area contributed by atoms with E-state index in [1.165, 1.54) is 23.3 Å². The van der Waals surface area contributed by atoms with Crippen LogP contribution in [0.15, 0.2) is 53.4 Å². The van der Waals surface area contributed by atoms with Gasteiger partial charge in [0.25, 0.3) is 5.91 Å². The van der Waals surface area contributed by atoms with Gasteiger partial charge in [-0.2, -0.15) is 0 Å². The fraction of sp³-hybridized carbons (Fsp3) is 0.350. The molecule has 5 nitrogen and oxygen atoms in total. The lowest BCUT2D eigenvalue weighted by Crippen LogP contribution is -2.48. The van der Waals surface area contributed by atoms with Crippen LogP contribution >= 0.6 is 0 Å². The monoisotopic (exact) mass is 372 g/mol. The minimum absolute atomic E-state index is 0.106. The molecule has 1 fully saturated rings. The molecular formula is C20H24N2O3S. The van der Waals surface area contributed by atoms with Gasteiger partial charge in [-0.3, -0.25) is 9.69 Å².